The van der Waals surface area contributed by atoms with Gasteiger partial charge in [-0.2, -0.15) is 0 Å². The summed E-state index contributed by atoms with van der Waals surface area (Å²) in [7, 11) is -3.14. The zero-order valence-electron chi connectivity index (χ0n) is 13.9. The SMILES string of the molecule is O=S(=O)(CCCN1CCC(Cc2cnc[nH]2)CC1)c1ccccc1. The van der Waals surface area contributed by atoms with Crippen molar-refractivity contribution in [2.45, 2.75) is 30.6 Å². The van der Waals surface area contributed by atoms with Gasteiger partial charge >= 0.3 is 0 Å². The van der Waals surface area contributed by atoms with Gasteiger partial charge in [0.25, 0.3) is 0 Å². The minimum atomic E-state index is -3.14. The quantitative estimate of drug-likeness (QED) is 0.836. The van der Waals surface area contributed by atoms with E-state index in [2.05, 4.69) is 14.9 Å². The molecule has 1 aromatic heterocycles. The molecule has 2 aromatic rings. The van der Waals surface area contributed by atoms with Gasteiger partial charge < -0.3 is 9.88 Å². The zero-order valence-corrected chi connectivity index (χ0v) is 14.7. The monoisotopic (exact) mass is 347 g/mol. The third kappa shape index (κ3) is 4.68. The standard InChI is InChI=1S/C18H25N3O2S/c22-24(23,18-5-2-1-3-6-18)12-4-9-21-10-7-16(8-11-21)13-17-14-19-15-20-17/h1-3,5-6,14-16H,4,7-13H2,(H,19,20). The van der Waals surface area contributed by atoms with E-state index in [9.17, 15) is 8.42 Å². The molecular weight excluding hydrogens is 322 g/mol. The first-order valence-electron chi connectivity index (χ1n) is 8.61. The fourth-order valence-corrected chi connectivity index (χ4v) is 4.66. The molecule has 6 heteroatoms. The molecule has 1 aromatic carbocycles. The van der Waals surface area contributed by atoms with E-state index in [0.717, 1.165) is 26.1 Å². The second-order valence-electron chi connectivity index (χ2n) is 6.55. The zero-order chi connectivity index (χ0) is 16.8. The van der Waals surface area contributed by atoms with E-state index >= 15 is 0 Å². The first-order valence-corrected chi connectivity index (χ1v) is 10.3. The summed E-state index contributed by atoms with van der Waals surface area (Å²) >= 11 is 0. The molecule has 2 heterocycles. The molecule has 1 fully saturated rings. The summed E-state index contributed by atoms with van der Waals surface area (Å²) in [6.45, 7) is 2.98. The number of hydrogen-bond acceptors (Lipinski definition) is 4. The number of sulfone groups is 1. The van der Waals surface area contributed by atoms with Crippen LogP contribution in [0.4, 0.5) is 0 Å². The number of aromatic nitrogens is 2. The summed E-state index contributed by atoms with van der Waals surface area (Å²) in [6, 6.07) is 8.74. The molecule has 0 unspecified atom stereocenters. The fourth-order valence-electron chi connectivity index (χ4n) is 3.35. The van der Waals surface area contributed by atoms with Crippen LogP contribution < -0.4 is 0 Å². The molecule has 0 spiro atoms. The molecule has 0 radical (unpaired) electrons. The Morgan fingerprint density at radius 1 is 1.17 bits per heavy atom. The van der Waals surface area contributed by atoms with Gasteiger partial charge in [-0.1, -0.05) is 18.2 Å². The number of nitrogens with one attached hydrogen (secondary N) is 1. The molecular formula is C18H25N3O2S. The van der Waals surface area contributed by atoms with Gasteiger partial charge in [0.2, 0.25) is 0 Å². The Morgan fingerprint density at radius 3 is 2.58 bits per heavy atom. The summed E-state index contributed by atoms with van der Waals surface area (Å²) in [5.41, 5.74) is 1.21. The van der Waals surface area contributed by atoms with Crippen LogP contribution in [0, 0.1) is 5.92 Å². The van der Waals surface area contributed by atoms with Crippen LogP contribution in [0.5, 0.6) is 0 Å². The van der Waals surface area contributed by atoms with Crippen molar-refractivity contribution in [3.05, 3.63) is 48.5 Å². The van der Waals surface area contributed by atoms with Crippen molar-refractivity contribution in [2.75, 3.05) is 25.4 Å². The molecule has 0 aliphatic carbocycles. The van der Waals surface area contributed by atoms with Crippen molar-refractivity contribution in [1.82, 2.24) is 14.9 Å². The van der Waals surface area contributed by atoms with Crippen LogP contribution in [-0.2, 0) is 16.3 Å². The molecule has 0 amide bonds. The summed E-state index contributed by atoms with van der Waals surface area (Å²) in [5, 5.41) is 0. The summed E-state index contributed by atoms with van der Waals surface area (Å²) in [6.07, 6.45) is 7.74. The van der Waals surface area contributed by atoms with Crippen molar-refractivity contribution in [2.24, 2.45) is 5.92 Å². The van der Waals surface area contributed by atoms with Crippen molar-refractivity contribution in [3.8, 4) is 0 Å². The smallest absolute Gasteiger partial charge is 0.178 e. The Kier molecular flexibility index (Phi) is 5.68. The highest BCUT2D eigenvalue weighted by atomic mass is 32.2. The van der Waals surface area contributed by atoms with Crippen LogP contribution in [0.1, 0.15) is 25.0 Å². The number of rotatable bonds is 7. The molecule has 1 saturated heterocycles. The number of likely N-dealkylation sites (tertiary alicyclic amines) is 1. The molecule has 1 aliphatic rings. The molecule has 24 heavy (non-hydrogen) atoms. The molecule has 0 saturated carbocycles. The van der Waals surface area contributed by atoms with Gasteiger partial charge in [-0.15, -0.1) is 0 Å². The highest BCUT2D eigenvalue weighted by Crippen LogP contribution is 2.21. The van der Waals surface area contributed by atoms with E-state index < -0.39 is 9.84 Å². The van der Waals surface area contributed by atoms with Crippen LogP contribution in [-0.4, -0.2) is 48.7 Å². The van der Waals surface area contributed by atoms with E-state index in [0.29, 0.717) is 17.2 Å². The molecule has 5 nitrogen and oxygen atoms in total. The van der Waals surface area contributed by atoms with Gasteiger partial charge in [0.15, 0.2) is 9.84 Å². The fraction of sp³-hybridized carbons (Fsp3) is 0.500. The number of benzene rings is 1. The minimum Gasteiger partial charge on any atom is -0.348 e. The number of nitrogens with zero attached hydrogens (tertiary/aromatic N) is 2. The van der Waals surface area contributed by atoms with Crippen LogP contribution in [0.15, 0.2) is 47.8 Å². The van der Waals surface area contributed by atoms with Gasteiger partial charge in [0, 0.05) is 11.9 Å². The Balaban J connectivity index is 1.39. The molecule has 1 N–H and O–H groups in total. The van der Waals surface area contributed by atoms with Crippen LogP contribution in [0.2, 0.25) is 0 Å². The predicted molar refractivity (Wildman–Crippen MR) is 94.6 cm³/mol. The second kappa shape index (κ2) is 7.94. The van der Waals surface area contributed by atoms with E-state index in [4.69, 9.17) is 0 Å². The second-order valence-corrected chi connectivity index (χ2v) is 8.66. The molecule has 1 aliphatic heterocycles. The highest BCUT2D eigenvalue weighted by molar-refractivity contribution is 7.91. The van der Waals surface area contributed by atoms with E-state index in [1.165, 1.54) is 18.5 Å². The van der Waals surface area contributed by atoms with E-state index in [1.807, 2.05) is 12.3 Å². The van der Waals surface area contributed by atoms with E-state index in [-0.39, 0.29) is 5.75 Å². The summed E-state index contributed by atoms with van der Waals surface area (Å²) in [5.74, 6) is 0.931. The van der Waals surface area contributed by atoms with Gasteiger partial charge in [0.1, 0.15) is 0 Å². The number of H-pyrrole nitrogens is 1. The Hall–Kier alpha value is -1.66. The van der Waals surface area contributed by atoms with Crippen LogP contribution >= 0.6 is 0 Å². The lowest BCUT2D eigenvalue weighted by molar-refractivity contribution is 0.184. The topological polar surface area (TPSA) is 66.1 Å². The maximum absolute atomic E-state index is 12.3. The normalized spacial score (nSPS) is 17.2. The highest BCUT2D eigenvalue weighted by Gasteiger charge is 2.20. The lowest BCUT2D eigenvalue weighted by Crippen LogP contribution is -2.35. The molecule has 3 rings (SSSR count). The summed E-state index contributed by atoms with van der Waals surface area (Å²) < 4.78 is 24.6. The third-order valence-electron chi connectivity index (χ3n) is 4.76. The van der Waals surface area contributed by atoms with Crippen LogP contribution in [0.3, 0.4) is 0 Å². The Labute approximate surface area is 144 Å². The average molecular weight is 347 g/mol. The van der Waals surface area contributed by atoms with E-state index in [1.54, 1.807) is 30.6 Å². The first-order chi connectivity index (χ1) is 11.6. The van der Waals surface area contributed by atoms with Gasteiger partial charge in [0.05, 0.1) is 17.0 Å². The van der Waals surface area contributed by atoms with Gasteiger partial charge in [-0.05, 0) is 63.4 Å². The first kappa shape index (κ1) is 17.2. The lowest BCUT2D eigenvalue weighted by atomic mass is 9.92. The Morgan fingerprint density at radius 2 is 1.92 bits per heavy atom. The largest absolute Gasteiger partial charge is 0.348 e. The number of piperidine rings is 1. The van der Waals surface area contributed by atoms with Crippen LogP contribution in [0.25, 0.3) is 0 Å². The molecule has 130 valence electrons. The third-order valence-corrected chi connectivity index (χ3v) is 6.58. The lowest BCUT2D eigenvalue weighted by Gasteiger charge is -2.31. The predicted octanol–water partition coefficient (Wildman–Crippen LogP) is 2.53. The van der Waals surface area contributed by atoms with Gasteiger partial charge in [-0.3, -0.25) is 0 Å². The van der Waals surface area contributed by atoms with Crippen molar-refractivity contribution >= 4 is 9.84 Å². The van der Waals surface area contributed by atoms with Gasteiger partial charge in [-0.25, -0.2) is 13.4 Å². The molecule has 0 bridgehead atoms. The Bertz CT molecular complexity index is 706. The maximum Gasteiger partial charge on any atom is 0.178 e. The minimum absolute atomic E-state index is 0.227. The number of imidazole rings is 1. The number of aromatic amines is 1. The van der Waals surface area contributed by atoms with Crippen molar-refractivity contribution in [3.63, 3.8) is 0 Å². The van der Waals surface area contributed by atoms with Crippen molar-refractivity contribution < 1.29 is 8.42 Å². The average Bonchev–Trinajstić information content (AvgIpc) is 3.10. The maximum atomic E-state index is 12.3. The van der Waals surface area contributed by atoms with Crippen molar-refractivity contribution in [1.29, 1.82) is 0 Å². The number of hydrogen-bond donors (Lipinski definition) is 1. The summed E-state index contributed by atoms with van der Waals surface area (Å²) in [4.78, 5) is 10.1. The molecule has 0 atom stereocenters.